The van der Waals surface area contributed by atoms with Gasteiger partial charge in [-0.15, -0.1) is 10.2 Å². The summed E-state index contributed by atoms with van der Waals surface area (Å²) in [7, 11) is 6.26. The molecular weight excluding hydrogens is 394 g/mol. The highest BCUT2D eigenvalue weighted by molar-refractivity contribution is 7.99. The van der Waals surface area contributed by atoms with Crippen LogP contribution in [0.15, 0.2) is 41.6 Å². The maximum atomic E-state index is 12.7. The van der Waals surface area contributed by atoms with E-state index in [1.54, 1.807) is 13.2 Å². The predicted molar refractivity (Wildman–Crippen MR) is 109 cm³/mol. The number of nitrogens with zero attached hydrogens (tertiary/aromatic N) is 3. The molecule has 2 aromatic carbocycles. The lowest BCUT2D eigenvalue weighted by Crippen LogP contribution is -2.06. The minimum atomic E-state index is -0.212. The SMILES string of the molecule is COc1cccc(-c2nnc(SCC(=O)c3ccc(OC)c(O)c3OC)n2C)c1. The molecule has 1 heterocycles. The Hall–Kier alpha value is -3.20. The highest BCUT2D eigenvalue weighted by atomic mass is 32.2. The molecule has 1 aromatic heterocycles. The average Bonchev–Trinajstić information content (AvgIpc) is 3.12. The number of Topliss-reactive ketones (excluding diaryl/α,β-unsaturated/α-hetero) is 1. The van der Waals surface area contributed by atoms with Gasteiger partial charge in [0.2, 0.25) is 5.75 Å². The van der Waals surface area contributed by atoms with Gasteiger partial charge in [-0.05, 0) is 24.3 Å². The largest absolute Gasteiger partial charge is 0.502 e. The van der Waals surface area contributed by atoms with Crippen molar-refractivity contribution in [2.24, 2.45) is 7.05 Å². The molecule has 0 aliphatic rings. The summed E-state index contributed by atoms with van der Waals surface area (Å²) in [4.78, 5) is 12.7. The number of carbonyl (C=O) groups is 1. The van der Waals surface area contributed by atoms with E-state index in [0.29, 0.717) is 11.0 Å². The summed E-state index contributed by atoms with van der Waals surface area (Å²) >= 11 is 1.25. The standard InChI is InChI=1S/C20H21N3O5S/c1-23-19(12-6-5-7-13(10-12)26-2)21-22-20(23)29-11-15(24)14-8-9-16(27-3)17(25)18(14)28-4/h5-10,25H,11H2,1-4H3. The molecule has 9 heteroatoms. The van der Waals surface area contributed by atoms with Crippen LogP contribution >= 0.6 is 11.8 Å². The molecule has 1 N–H and O–H groups in total. The van der Waals surface area contributed by atoms with E-state index in [1.165, 1.54) is 32.0 Å². The van der Waals surface area contributed by atoms with Gasteiger partial charge in [-0.2, -0.15) is 0 Å². The Morgan fingerprint density at radius 1 is 1.10 bits per heavy atom. The molecular formula is C20H21N3O5S. The van der Waals surface area contributed by atoms with E-state index in [-0.39, 0.29) is 34.3 Å². The molecule has 152 valence electrons. The van der Waals surface area contributed by atoms with Crippen molar-refractivity contribution in [2.45, 2.75) is 5.16 Å². The summed E-state index contributed by atoms with van der Waals surface area (Å²) in [5, 5.41) is 19.2. The molecule has 0 amide bonds. The quantitative estimate of drug-likeness (QED) is 0.443. The van der Waals surface area contributed by atoms with Crippen LogP contribution in [-0.2, 0) is 7.05 Å². The van der Waals surface area contributed by atoms with Gasteiger partial charge in [-0.3, -0.25) is 4.79 Å². The Bertz CT molecular complexity index is 1030. The Kier molecular flexibility index (Phi) is 6.28. The minimum Gasteiger partial charge on any atom is -0.502 e. The van der Waals surface area contributed by atoms with Crippen LogP contribution in [0.4, 0.5) is 0 Å². The second-order valence-electron chi connectivity index (χ2n) is 6.01. The third kappa shape index (κ3) is 4.14. The molecule has 8 nitrogen and oxygen atoms in total. The van der Waals surface area contributed by atoms with E-state index in [2.05, 4.69) is 10.2 Å². The smallest absolute Gasteiger partial charge is 0.201 e. The molecule has 0 fully saturated rings. The first kappa shape index (κ1) is 20.5. The molecule has 0 spiro atoms. The summed E-state index contributed by atoms with van der Waals surface area (Å²) in [6, 6.07) is 10.6. The second-order valence-corrected chi connectivity index (χ2v) is 6.95. The van der Waals surface area contributed by atoms with E-state index in [9.17, 15) is 9.90 Å². The van der Waals surface area contributed by atoms with Gasteiger partial charge in [0.15, 0.2) is 28.3 Å². The summed E-state index contributed by atoms with van der Waals surface area (Å²) in [6.45, 7) is 0. The Labute approximate surface area is 172 Å². The molecule has 0 unspecified atom stereocenters. The zero-order valence-electron chi connectivity index (χ0n) is 16.5. The van der Waals surface area contributed by atoms with Crippen LogP contribution in [0.1, 0.15) is 10.4 Å². The molecule has 29 heavy (non-hydrogen) atoms. The van der Waals surface area contributed by atoms with Crippen LogP contribution in [-0.4, -0.2) is 52.7 Å². The summed E-state index contributed by atoms with van der Waals surface area (Å²) in [6.07, 6.45) is 0. The number of aromatic hydroxyl groups is 1. The Morgan fingerprint density at radius 2 is 1.90 bits per heavy atom. The first-order valence-electron chi connectivity index (χ1n) is 8.63. The monoisotopic (exact) mass is 415 g/mol. The lowest BCUT2D eigenvalue weighted by Gasteiger charge is -2.12. The van der Waals surface area contributed by atoms with Crippen molar-refractivity contribution >= 4 is 17.5 Å². The lowest BCUT2D eigenvalue weighted by molar-refractivity contribution is 0.101. The number of ketones is 1. The molecule has 0 saturated carbocycles. The third-order valence-electron chi connectivity index (χ3n) is 4.31. The number of rotatable bonds is 8. The molecule has 0 saturated heterocycles. The number of benzene rings is 2. The number of methoxy groups -OCH3 is 3. The summed E-state index contributed by atoms with van der Waals surface area (Å²) < 4.78 is 17.3. The molecule has 0 atom stereocenters. The molecule has 3 aromatic rings. The van der Waals surface area contributed by atoms with E-state index in [0.717, 1.165) is 11.3 Å². The predicted octanol–water partition coefficient (Wildman–Crippen LogP) is 3.19. The fraction of sp³-hybridized carbons (Fsp3) is 0.250. The van der Waals surface area contributed by atoms with Gasteiger partial charge in [0, 0.05) is 12.6 Å². The van der Waals surface area contributed by atoms with Crippen LogP contribution in [0.5, 0.6) is 23.0 Å². The van der Waals surface area contributed by atoms with Gasteiger partial charge >= 0.3 is 0 Å². The Morgan fingerprint density at radius 3 is 2.59 bits per heavy atom. The maximum Gasteiger partial charge on any atom is 0.201 e. The first-order valence-corrected chi connectivity index (χ1v) is 9.62. The molecule has 0 aliphatic carbocycles. The van der Waals surface area contributed by atoms with Crippen molar-refractivity contribution in [1.29, 1.82) is 0 Å². The second kappa shape index (κ2) is 8.87. The van der Waals surface area contributed by atoms with Crippen LogP contribution < -0.4 is 14.2 Å². The fourth-order valence-corrected chi connectivity index (χ4v) is 3.60. The van der Waals surface area contributed by atoms with E-state index in [1.807, 2.05) is 35.9 Å². The van der Waals surface area contributed by atoms with Crippen LogP contribution in [0.25, 0.3) is 11.4 Å². The molecule has 0 aliphatic heterocycles. The van der Waals surface area contributed by atoms with Gasteiger partial charge in [-0.25, -0.2) is 0 Å². The minimum absolute atomic E-state index is 0.0879. The van der Waals surface area contributed by atoms with Crippen molar-refractivity contribution in [3.05, 3.63) is 42.0 Å². The highest BCUT2D eigenvalue weighted by Crippen LogP contribution is 2.39. The summed E-state index contributed by atoms with van der Waals surface area (Å²) in [5.74, 6) is 1.40. The zero-order chi connectivity index (χ0) is 21.0. The number of hydrogen-bond acceptors (Lipinski definition) is 8. The van der Waals surface area contributed by atoms with Gasteiger partial charge in [0.05, 0.1) is 32.6 Å². The van der Waals surface area contributed by atoms with Crippen molar-refractivity contribution in [3.63, 3.8) is 0 Å². The molecule has 3 rings (SSSR count). The van der Waals surface area contributed by atoms with Crippen LogP contribution in [0.2, 0.25) is 0 Å². The van der Waals surface area contributed by atoms with Gasteiger partial charge < -0.3 is 23.9 Å². The van der Waals surface area contributed by atoms with Gasteiger partial charge in [0.25, 0.3) is 0 Å². The number of thioether (sulfide) groups is 1. The van der Waals surface area contributed by atoms with Crippen molar-refractivity contribution < 1.29 is 24.1 Å². The third-order valence-corrected chi connectivity index (χ3v) is 5.33. The highest BCUT2D eigenvalue weighted by Gasteiger charge is 2.20. The van der Waals surface area contributed by atoms with Crippen molar-refractivity contribution in [2.75, 3.05) is 27.1 Å². The average molecular weight is 415 g/mol. The number of ether oxygens (including phenoxy) is 3. The van der Waals surface area contributed by atoms with E-state index in [4.69, 9.17) is 14.2 Å². The topological polar surface area (TPSA) is 95.7 Å². The Balaban J connectivity index is 1.78. The number of aromatic nitrogens is 3. The van der Waals surface area contributed by atoms with Gasteiger partial charge in [-0.1, -0.05) is 23.9 Å². The normalized spacial score (nSPS) is 10.6. The summed E-state index contributed by atoms with van der Waals surface area (Å²) in [5.41, 5.74) is 1.13. The fourth-order valence-electron chi connectivity index (χ4n) is 2.81. The number of carbonyl (C=O) groups excluding carboxylic acids is 1. The molecule has 0 bridgehead atoms. The van der Waals surface area contributed by atoms with Crippen molar-refractivity contribution in [3.8, 4) is 34.4 Å². The van der Waals surface area contributed by atoms with Crippen LogP contribution in [0, 0.1) is 0 Å². The molecule has 0 radical (unpaired) electrons. The number of hydrogen-bond donors (Lipinski definition) is 1. The number of phenols is 1. The zero-order valence-corrected chi connectivity index (χ0v) is 17.3. The maximum absolute atomic E-state index is 12.7. The van der Waals surface area contributed by atoms with Gasteiger partial charge in [0.1, 0.15) is 5.75 Å². The first-order chi connectivity index (χ1) is 14.0. The van der Waals surface area contributed by atoms with E-state index >= 15 is 0 Å². The van der Waals surface area contributed by atoms with E-state index < -0.39 is 0 Å². The van der Waals surface area contributed by atoms with Crippen LogP contribution in [0.3, 0.4) is 0 Å². The lowest BCUT2D eigenvalue weighted by atomic mass is 10.1. The number of phenolic OH excluding ortho intramolecular Hbond substituents is 1. The van der Waals surface area contributed by atoms with Crippen molar-refractivity contribution in [1.82, 2.24) is 14.8 Å².